The smallest absolute Gasteiger partial charge is 0.226 e. The van der Waals surface area contributed by atoms with Crippen molar-refractivity contribution in [3.8, 4) is 11.5 Å². The van der Waals surface area contributed by atoms with Gasteiger partial charge in [0.2, 0.25) is 5.91 Å². The fourth-order valence-corrected chi connectivity index (χ4v) is 3.31. The second-order valence-electron chi connectivity index (χ2n) is 5.12. The molecule has 2 atom stereocenters. The first-order valence-corrected chi connectivity index (χ1v) is 7.65. The summed E-state index contributed by atoms with van der Waals surface area (Å²) in [5.41, 5.74) is 6.73. The molecular formula is C14H17N3O2S. The van der Waals surface area contributed by atoms with Crippen LogP contribution in [0.15, 0.2) is 28.2 Å². The molecule has 1 aliphatic rings. The van der Waals surface area contributed by atoms with Gasteiger partial charge in [0, 0.05) is 17.8 Å². The molecule has 1 saturated carbocycles. The molecule has 0 unspecified atom stereocenters. The Kier molecular flexibility index (Phi) is 3.84. The fraction of sp³-hybridized carbons (Fsp3) is 0.429. The van der Waals surface area contributed by atoms with Gasteiger partial charge in [-0.2, -0.15) is 0 Å². The molecule has 3 rings (SSSR count). The molecule has 1 amide bonds. The topological polar surface area (TPSA) is 81.2 Å². The summed E-state index contributed by atoms with van der Waals surface area (Å²) in [4.78, 5) is 16.3. The Morgan fingerprint density at radius 3 is 3.15 bits per heavy atom. The Balaban J connectivity index is 1.59. The van der Waals surface area contributed by atoms with Crippen LogP contribution in [0.1, 0.15) is 25.7 Å². The van der Waals surface area contributed by atoms with E-state index in [0.29, 0.717) is 23.2 Å². The standard InChI is InChI=1S/C14H17N3O2S/c15-10-4-1-3-9(10)7-13(18)17-14-16-11(8-20-14)12-5-2-6-19-12/h2,5-6,8-10H,1,3-4,7,15H2,(H,16,17,18)/t9-,10+/m0/s1. The number of aromatic nitrogens is 1. The van der Waals surface area contributed by atoms with Gasteiger partial charge in [-0.05, 0) is 30.9 Å². The van der Waals surface area contributed by atoms with Gasteiger partial charge in [0.15, 0.2) is 10.9 Å². The highest BCUT2D eigenvalue weighted by atomic mass is 32.1. The zero-order chi connectivity index (χ0) is 13.9. The minimum absolute atomic E-state index is 0.00676. The van der Waals surface area contributed by atoms with Crippen LogP contribution in [0, 0.1) is 5.92 Å². The van der Waals surface area contributed by atoms with Gasteiger partial charge in [-0.1, -0.05) is 6.42 Å². The summed E-state index contributed by atoms with van der Waals surface area (Å²) < 4.78 is 5.27. The predicted molar refractivity (Wildman–Crippen MR) is 78.4 cm³/mol. The number of nitrogens with two attached hydrogens (primary N) is 1. The number of nitrogens with zero attached hydrogens (tertiary/aromatic N) is 1. The monoisotopic (exact) mass is 291 g/mol. The van der Waals surface area contributed by atoms with Crippen molar-refractivity contribution in [2.45, 2.75) is 31.7 Å². The van der Waals surface area contributed by atoms with E-state index in [9.17, 15) is 4.79 Å². The van der Waals surface area contributed by atoms with E-state index in [0.717, 1.165) is 25.0 Å². The van der Waals surface area contributed by atoms with E-state index in [1.54, 1.807) is 6.26 Å². The number of nitrogens with one attached hydrogen (secondary N) is 1. The van der Waals surface area contributed by atoms with Gasteiger partial charge in [0.1, 0.15) is 5.69 Å². The van der Waals surface area contributed by atoms with Crippen molar-refractivity contribution in [3.63, 3.8) is 0 Å². The van der Waals surface area contributed by atoms with Crippen LogP contribution < -0.4 is 11.1 Å². The Hall–Kier alpha value is -1.66. The van der Waals surface area contributed by atoms with Crippen LogP contribution >= 0.6 is 11.3 Å². The average molecular weight is 291 g/mol. The Morgan fingerprint density at radius 1 is 1.55 bits per heavy atom. The van der Waals surface area contributed by atoms with E-state index in [4.69, 9.17) is 10.2 Å². The van der Waals surface area contributed by atoms with Crippen LogP contribution in [-0.4, -0.2) is 16.9 Å². The highest BCUT2D eigenvalue weighted by Gasteiger charge is 2.26. The SMILES string of the molecule is N[C@@H]1CCC[C@H]1CC(=O)Nc1nc(-c2ccco2)cs1. The van der Waals surface area contributed by atoms with Gasteiger partial charge >= 0.3 is 0 Å². The number of carbonyl (C=O) groups excluding carboxylic acids is 1. The second kappa shape index (κ2) is 5.76. The van der Waals surface area contributed by atoms with Crippen molar-refractivity contribution < 1.29 is 9.21 Å². The zero-order valence-electron chi connectivity index (χ0n) is 11.0. The van der Waals surface area contributed by atoms with Crippen LogP contribution in [0.5, 0.6) is 0 Å². The maximum absolute atomic E-state index is 12.0. The first-order valence-electron chi connectivity index (χ1n) is 6.77. The molecule has 2 heterocycles. The average Bonchev–Trinajstić information content (AvgIpc) is 3.12. The summed E-state index contributed by atoms with van der Waals surface area (Å²) in [6.45, 7) is 0. The number of carbonyl (C=O) groups is 1. The van der Waals surface area contributed by atoms with Crippen molar-refractivity contribution in [2.75, 3.05) is 5.32 Å². The fourth-order valence-electron chi connectivity index (χ4n) is 2.60. The maximum Gasteiger partial charge on any atom is 0.226 e. The summed E-state index contributed by atoms with van der Waals surface area (Å²) in [7, 11) is 0. The van der Waals surface area contributed by atoms with Crippen LogP contribution in [-0.2, 0) is 4.79 Å². The lowest BCUT2D eigenvalue weighted by atomic mass is 10.00. The van der Waals surface area contributed by atoms with Gasteiger partial charge in [0.25, 0.3) is 0 Å². The Bertz CT molecular complexity index is 579. The highest BCUT2D eigenvalue weighted by molar-refractivity contribution is 7.14. The molecule has 0 bridgehead atoms. The lowest BCUT2D eigenvalue weighted by molar-refractivity contribution is -0.117. The van der Waals surface area contributed by atoms with E-state index in [-0.39, 0.29) is 11.9 Å². The number of furan rings is 1. The molecular weight excluding hydrogens is 274 g/mol. The van der Waals surface area contributed by atoms with Crippen molar-refractivity contribution in [3.05, 3.63) is 23.8 Å². The van der Waals surface area contributed by atoms with E-state index < -0.39 is 0 Å². The molecule has 0 aromatic carbocycles. The van der Waals surface area contributed by atoms with E-state index in [2.05, 4.69) is 10.3 Å². The molecule has 2 aromatic rings. The molecule has 5 nitrogen and oxygen atoms in total. The van der Waals surface area contributed by atoms with Crippen LogP contribution in [0.4, 0.5) is 5.13 Å². The summed E-state index contributed by atoms with van der Waals surface area (Å²) in [6, 6.07) is 3.82. The van der Waals surface area contributed by atoms with E-state index in [1.807, 2.05) is 17.5 Å². The lowest BCUT2D eigenvalue weighted by Gasteiger charge is -2.13. The van der Waals surface area contributed by atoms with Gasteiger partial charge < -0.3 is 15.5 Å². The molecule has 1 aliphatic carbocycles. The molecule has 1 fully saturated rings. The third-order valence-corrected chi connectivity index (χ3v) is 4.45. The second-order valence-corrected chi connectivity index (χ2v) is 5.98. The van der Waals surface area contributed by atoms with Gasteiger partial charge in [0.05, 0.1) is 6.26 Å². The summed E-state index contributed by atoms with van der Waals surface area (Å²) in [6.07, 6.45) is 5.28. The lowest BCUT2D eigenvalue weighted by Crippen LogP contribution is -2.28. The quantitative estimate of drug-likeness (QED) is 0.907. The summed E-state index contributed by atoms with van der Waals surface area (Å²) >= 11 is 1.40. The first-order chi connectivity index (χ1) is 9.72. The normalized spacial score (nSPS) is 22.1. The molecule has 0 saturated heterocycles. The van der Waals surface area contributed by atoms with Crippen molar-refractivity contribution in [1.82, 2.24) is 4.98 Å². The number of rotatable bonds is 4. The zero-order valence-corrected chi connectivity index (χ0v) is 11.9. The van der Waals surface area contributed by atoms with Crippen molar-refractivity contribution in [2.24, 2.45) is 11.7 Å². The summed E-state index contributed by atoms with van der Waals surface area (Å²) in [5, 5.41) is 5.32. The maximum atomic E-state index is 12.0. The minimum atomic E-state index is -0.00676. The largest absolute Gasteiger partial charge is 0.463 e. The molecule has 106 valence electrons. The van der Waals surface area contributed by atoms with Gasteiger partial charge in [-0.3, -0.25) is 4.79 Å². The third kappa shape index (κ3) is 2.91. The van der Waals surface area contributed by atoms with Gasteiger partial charge in [-0.25, -0.2) is 4.98 Å². The molecule has 20 heavy (non-hydrogen) atoms. The van der Waals surface area contributed by atoms with Crippen molar-refractivity contribution in [1.29, 1.82) is 0 Å². The first kappa shape index (κ1) is 13.3. The number of anilines is 1. The third-order valence-electron chi connectivity index (χ3n) is 3.69. The van der Waals surface area contributed by atoms with Gasteiger partial charge in [-0.15, -0.1) is 11.3 Å². The number of hydrogen-bond donors (Lipinski definition) is 2. The van der Waals surface area contributed by atoms with E-state index >= 15 is 0 Å². The van der Waals surface area contributed by atoms with Crippen molar-refractivity contribution >= 4 is 22.4 Å². The van der Waals surface area contributed by atoms with Crippen LogP contribution in [0.25, 0.3) is 11.5 Å². The molecule has 0 spiro atoms. The minimum Gasteiger partial charge on any atom is -0.463 e. The predicted octanol–water partition coefficient (Wildman–Crippen LogP) is 2.86. The molecule has 3 N–H and O–H groups in total. The Labute approximate surface area is 121 Å². The number of thiazole rings is 1. The number of hydrogen-bond acceptors (Lipinski definition) is 5. The molecule has 2 aromatic heterocycles. The Morgan fingerprint density at radius 2 is 2.45 bits per heavy atom. The highest BCUT2D eigenvalue weighted by Crippen LogP contribution is 2.28. The van der Waals surface area contributed by atoms with E-state index in [1.165, 1.54) is 11.3 Å². The summed E-state index contributed by atoms with van der Waals surface area (Å²) in [5.74, 6) is 1.01. The molecule has 0 aliphatic heterocycles. The molecule has 0 radical (unpaired) electrons. The molecule has 6 heteroatoms. The van der Waals surface area contributed by atoms with Crippen LogP contribution in [0.2, 0.25) is 0 Å². The number of amides is 1. The van der Waals surface area contributed by atoms with Crippen LogP contribution in [0.3, 0.4) is 0 Å².